The monoisotopic (exact) mass is 261 g/mol. The van der Waals surface area contributed by atoms with Crippen molar-refractivity contribution in [3.63, 3.8) is 0 Å². The Balaban J connectivity index is 2.80. The molecule has 0 aromatic carbocycles. The van der Waals surface area contributed by atoms with E-state index in [2.05, 4.69) is 16.8 Å². The lowest BCUT2D eigenvalue weighted by atomic mass is 10.2. The van der Waals surface area contributed by atoms with Gasteiger partial charge in [0.15, 0.2) is 0 Å². The van der Waals surface area contributed by atoms with Gasteiger partial charge in [0.1, 0.15) is 5.69 Å². The van der Waals surface area contributed by atoms with Crippen LogP contribution < -0.4 is 5.73 Å². The number of nitrogens with two attached hydrogens (primary N) is 1. The molecule has 0 saturated carbocycles. The van der Waals surface area contributed by atoms with Crippen LogP contribution in [0.1, 0.15) is 29.4 Å². The maximum absolute atomic E-state index is 12.1. The molecule has 1 aromatic rings. The van der Waals surface area contributed by atoms with Gasteiger partial charge in [0.25, 0.3) is 5.91 Å². The average molecular weight is 261 g/mol. The summed E-state index contributed by atoms with van der Waals surface area (Å²) in [6.07, 6.45) is 2.39. The number of rotatable bonds is 5. The van der Waals surface area contributed by atoms with Gasteiger partial charge in [0.2, 0.25) is 0 Å². The summed E-state index contributed by atoms with van der Waals surface area (Å²) in [5, 5.41) is 8.96. The van der Waals surface area contributed by atoms with Gasteiger partial charge < -0.3 is 15.7 Å². The Morgan fingerprint density at radius 1 is 1.47 bits per heavy atom. The van der Waals surface area contributed by atoms with E-state index < -0.39 is 0 Å². The number of amides is 1. The Morgan fingerprint density at radius 3 is 2.79 bits per heavy atom. The number of carbonyl (C=O) groups is 1. The first-order valence-corrected chi connectivity index (χ1v) is 6.28. The summed E-state index contributed by atoms with van der Waals surface area (Å²) >= 11 is 0. The van der Waals surface area contributed by atoms with Crippen molar-refractivity contribution >= 4 is 5.91 Å². The van der Waals surface area contributed by atoms with Crippen molar-refractivity contribution in [2.24, 2.45) is 5.73 Å². The molecule has 19 heavy (non-hydrogen) atoms. The number of carbonyl (C=O) groups excluding carboxylic acids is 1. The van der Waals surface area contributed by atoms with Crippen LogP contribution in [0.3, 0.4) is 0 Å². The molecule has 0 bridgehead atoms. The molecule has 1 rings (SSSR count). The standard InChI is InChI=1S/C14H19N3O2/c1-2-8-17(9-10-18)14(19)13-6-5-12(11-16-13)4-3-7-15/h5-6,11,18H,2,7-10,15H2,1H3. The van der Waals surface area contributed by atoms with Crippen LogP contribution >= 0.6 is 0 Å². The zero-order valence-electron chi connectivity index (χ0n) is 11.1. The van der Waals surface area contributed by atoms with Crippen molar-refractivity contribution in [1.29, 1.82) is 0 Å². The van der Waals surface area contributed by atoms with Crippen LogP contribution in [0.15, 0.2) is 18.3 Å². The minimum Gasteiger partial charge on any atom is -0.395 e. The number of nitrogens with zero attached hydrogens (tertiary/aromatic N) is 2. The van der Waals surface area contributed by atoms with Crippen molar-refractivity contribution in [3.05, 3.63) is 29.6 Å². The van der Waals surface area contributed by atoms with Gasteiger partial charge in [-0.3, -0.25) is 4.79 Å². The number of aliphatic hydroxyl groups excluding tert-OH is 1. The Labute approximate surface area is 113 Å². The van der Waals surface area contributed by atoms with Gasteiger partial charge in [-0.15, -0.1) is 0 Å². The van der Waals surface area contributed by atoms with Crippen molar-refractivity contribution in [2.45, 2.75) is 13.3 Å². The first-order chi connectivity index (χ1) is 9.22. The van der Waals surface area contributed by atoms with Crippen LogP contribution in [0.25, 0.3) is 0 Å². The molecule has 5 nitrogen and oxygen atoms in total. The van der Waals surface area contributed by atoms with E-state index in [1.54, 1.807) is 23.2 Å². The Hall–Kier alpha value is -1.90. The van der Waals surface area contributed by atoms with Crippen LogP contribution in [0.4, 0.5) is 0 Å². The normalized spacial score (nSPS) is 9.63. The van der Waals surface area contributed by atoms with Crippen LogP contribution in [0.2, 0.25) is 0 Å². The maximum Gasteiger partial charge on any atom is 0.272 e. The van der Waals surface area contributed by atoms with Gasteiger partial charge >= 0.3 is 0 Å². The molecule has 0 atom stereocenters. The molecular formula is C14H19N3O2. The smallest absolute Gasteiger partial charge is 0.272 e. The summed E-state index contributed by atoms with van der Waals surface area (Å²) < 4.78 is 0. The molecule has 0 spiro atoms. The molecular weight excluding hydrogens is 242 g/mol. The lowest BCUT2D eigenvalue weighted by molar-refractivity contribution is 0.0716. The Bertz CT molecular complexity index is 454. The van der Waals surface area contributed by atoms with E-state index in [9.17, 15) is 4.79 Å². The highest BCUT2D eigenvalue weighted by Gasteiger charge is 2.15. The third-order valence-corrected chi connectivity index (χ3v) is 2.47. The van der Waals surface area contributed by atoms with E-state index in [0.29, 0.717) is 25.3 Å². The molecule has 1 heterocycles. The van der Waals surface area contributed by atoms with Crippen molar-refractivity contribution < 1.29 is 9.90 Å². The van der Waals surface area contributed by atoms with Crippen LogP contribution in [0, 0.1) is 11.8 Å². The van der Waals surface area contributed by atoms with E-state index in [0.717, 1.165) is 12.0 Å². The molecule has 0 radical (unpaired) electrons. The predicted molar refractivity (Wildman–Crippen MR) is 73.4 cm³/mol. The van der Waals surface area contributed by atoms with Crippen LogP contribution in [-0.2, 0) is 0 Å². The van der Waals surface area contributed by atoms with Gasteiger partial charge in [-0.2, -0.15) is 0 Å². The van der Waals surface area contributed by atoms with Gasteiger partial charge in [-0.05, 0) is 18.6 Å². The average Bonchev–Trinajstić information content (AvgIpc) is 2.44. The SMILES string of the molecule is CCCN(CCO)C(=O)c1ccc(C#CCN)cn1. The number of hydrogen-bond acceptors (Lipinski definition) is 4. The third-order valence-electron chi connectivity index (χ3n) is 2.47. The third kappa shape index (κ3) is 4.70. The highest BCUT2D eigenvalue weighted by molar-refractivity contribution is 5.92. The lowest BCUT2D eigenvalue weighted by Crippen LogP contribution is -2.34. The van der Waals surface area contributed by atoms with E-state index in [1.807, 2.05) is 6.92 Å². The van der Waals surface area contributed by atoms with Crippen molar-refractivity contribution in [3.8, 4) is 11.8 Å². The summed E-state index contributed by atoms with van der Waals surface area (Å²) in [7, 11) is 0. The molecule has 1 aromatic heterocycles. The lowest BCUT2D eigenvalue weighted by Gasteiger charge is -2.20. The first kappa shape index (κ1) is 15.2. The van der Waals surface area contributed by atoms with E-state index in [1.165, 1.54) is 0 Å². The second-order valence-corrected chi connectivity index (χ2v) is 3.95. The van der Waals surface area contributed by atoms with Gasteiger partial charge in [0, 0.05) is 24.8 Å². The molecule has 1 amide bonds. The molecule has 0 aliphatic carbocycles. The summed E-state index contributed by atoms with van der Waals surface area (Å²) in [4.78, 5) is 17.8. The predicted octanol–water partition coefficient (Wildman–Crippen LogP) is 0.236. The number of hydrogen-bond donors (Lipinski definition) is 2. The Morgan fingerprint density at radius 2 is 2.26 bits per heavy atom. The highest BCUT2D eigenvalue weighted by Crippen LogP contribution is 2.04. The fourth-order valence-corrected chi connectivity index (χ4v) is 1.61. The summed E-state index contributed by atoms with van der Waals surface area (Å²) in [5.41, 5.74) is 6.37. The van der Waals surface area contributed by atoms with E-state index in [-0.39, 0.29) is 12.5 Å². The number of aromatic nitrogens is 1. The fourth-order valence-electron chi connectivity index (χ4n) is 1.61. The summed E-state index contributed by atoms with van der Waals surface area (Å²) in [6, 6.07) is 3.38. The molecule has 0 saturated heterocycles. The molecule has 0 aliphatic heterocycles. The largest absolute Gasteiger partial charge is 0.395 e. The van der Waals surface area contributed by atoms with Gasteiger partial charge in [-0.1, -0.05) is 18.8 Å². The number of pyridine rings is 1. The quantitative estimate of drug-likeness (QED) is 0.744. The van der Waals surface area contributed by atoms with Crippen molar-refractivity contribution in [2.75, 3.05) is 26.2 Å². The minimum atomic E-state index is -0.172. The second kappa shape index (κ2) is 8.25. The topological polar surface area (TPSA) is 79.5 Å². The molecule has 0 fully saturated rings. The second-order valence-electron chi connectivity index (χ2n) is 3.95. The molecule has 0 aliphatic rings. The van der Waals surface area contributed by atoms with E-state index >= 15 is 0 Å². The molecule has 3 N–H and O–H groups in total. The van der Waals surface area contributed by atoms with Crippen molar-refractivity contribution in [1.82, 2.24) is 9.88 Å². The zero-order chi connectivity index (χ0) is 14.1. The fraction of sp³-hybridized carbons (Fsp3) is 0.429. The molecule has 0 unspecified atom stereocenters. The summed E-state index contributed by atoms with van der Waals surface area (Å²) in [5.74, 6) is 5.40. The summed E-state index contributed by atoms with van der Waals surface area (Å²) in [6.45, 7) is 3.16. The first-order valence-electron chi connectivity index (χ1n) is 6.28. The van der Waals surface area contributed by atoms with E-state index in [4.69, 9.17) is 10.8 Å². The molecule has 102 valence electrons. The van der Waals surface area contributed by atoms with Crippen LogP contribution in [-0.4, -0.2) is 47.1 Å². The van der Waals surface area contributed by atoms with Gasteiger partial charge in [-0.25, -0.2) is 4.98 Å². The molecule has 5 heteroatoms. The highest BCUT2D eigenvalue weighted by atomic mass is 16.3. The minimum absolute atomic E-state index is 0.0498. The Kier molecular flexibility index (Phi) is 6.58. The number of aliphatic hydroxyl groups is 1. The van der Waals surface area contributed by atoms with Crippen LogP contribution in [0.5, 0.6) is 0 Å². The van der Waals surface area contributed by atoms with Gasteiger partial charge in [0.05, 0.1) is 13.2 Å². The zero-order valence-corrected chi connectivity index (χ0v) is 11.1. The maximum atomic E-state index is 12.1.